The zero-order chi connectivity index (χ0) is 15.8. The predicted molar refractivity (Wildman–Crippen MR) is 91.2 cm³/mol. The van der Waals surface area contributed by atoms with Crippen LogP contribution >= 0.6 is 23.2 Å². The largest absolute Gasteiger partial charge is 0.383 e. The Labute approximate surface area is 138 Å². The van der Waals surface area contributed by atoms with Crippen molar-refractivity contribution in [2.45, 2.75) is 38.8 Å². The number of benzene rings is 1. The highest BCUT2D eigenvalue weighted by Crippen LogP contribution is 2.29. The van der Waals surface area contributed by atoms with E-state index in [-0.39, 0.29) is 6.04 Å². The van der Waals surface area contributed by atoms with Crippen LogP contribution in [0.15, 0.2) is 18.2 Å². The van der Waals surface area contributed by atoms with Gasteiger partial charge in [0, 0.05) is 42.3 Å². The minimum absolute atomic E-state index is 0.0984. The van der Waals surface area contributed by atoms with Crippen LogP contribution in [0, 0.1) is 0 Å². The highest BCUT2D eigenvalue weighted by Gasteiger charge is 2.25. The molecule has 0 fully saturated rings. The smallest absolute Gasteiger partial charge is 0.0590 e. The molecule has 1 unspecified atom stereocenters. The number of hydrogen-bond donors (Lipinski definition) is 1. The van der Waals surface area contributed by atoms with Gasteiger partial charge in [-0.1, -0.05) is 37.0 Å². The molecule has 0 heterocycles. The molecule has 120 valence electrons. The van der Waals surface area contributed by atoms with Gasteiger partial charge >= 0.3 is 0 Å². The third-order valence-electron chi connectivity index (χ3n) is 3.86. The number of hydrogen-bond acceptors (Lipinski definition) is 3. The van der Waals surface area contributed by atoms with E-state index in [1.54, 1.807) is 13.2 Å². The highest BCUT2D eigenvalue weighted by atomic mass is 35.5. The van der Waals surface area contributed by atoms with Crippen molar-refractivity contribution in [3.63, 3.8) is 0 Å². The summed E-state index contributed by atoms with van der Waals surface area (Å²) in [5.41, 5.74) is 7.12. The third-order valence-corrected chi connectivity index (χ3v) is 4.29. The molecule has 0 bridgehead atoms. The van der Waals surface area contributed by atoms with Crippen LogP contribution in [0.1, 0.15) is 38.3 Å². The molecule has 3 nitrogen and oxygen atoms in total. The average Bonchev–Trinajstić information content (AvgIpc) is 2.45. The Balaban J connectivity index is 3.09. The second kappa shape index (κ2) is 9.65. The fourth-order valence-corrected chi connectivity index (χ4v) is 3.32. The van der Waals surface area contributed by atoms with E-state index in [1.807, 2.05) is 12.1 Å². The van der Waals surface area contributed by atoms with Crippen molar-refractivity contribution < 1.29 is 4.74 Å². The molecule has 0 saturated carbocycles. The summed E-state index contributed by atoms with van der Waals surface area (Å²) >= 11 is 12.3. The second-order valence-electron chi connectivity index (χ2n) is 5.16. The summed E-state index contributed by atoms with van der Waals surface area (Å²) in [6, 6.07) is 6.21. The summed E-state index contributed by atoms with van der Waals surface area (Å²) in [6.07, 6.45) is 2.15. The monoisotopic (exact) mass is 332 g/mol. The Morgan fingerprint density at radius 1 is 1.14 bits per heavy atom. The minimum atomic E-state index is 0.0984. The fourth-order valence-electron chi connectivity index (χ4n) is 2.78. The molecule has 0 aliphatic heterocycles. The first kappa shape index (κ1) is 18.7. The standard InChI is InChI=1S/C16H26Cl2N2O/c1-4-15(5-2)20(6-7-21-3)16(11-19)12-8-13(17)10-14(18)9-12/h8-10,15-16H,4-7,11,19H2,1-3H3. The van der Waals surface area contributed by atoms with E-state index in [1.165, 1.54) is 0 Å². The van der Waals surface area contributed by atoms with Crippen LogP contribution < -0.4 is 5.73 Å². The van der Waals surface area contributed by atoms with Gasteiger partial charge in [0.05, 0.1) is 6.61 Å². The lowest BCUT2D eigenvalue weighted by Gasteiger charge is -2.37. The van der Waals surface area contributed by atoms with Crippen LogP contribution in [-0.4, -0.2) is 37.7 Å². The Morgan fingerprint density at radius 3 is 2.14 bits per heavy atom. The van der Waals surface area contributed by atoms with Gasteiger partial charge in [0.15, 0.2) is 0 Å². The molecular weight excluding hydrogens is 307 g/mol. The molecule has 0 radical (unpaired) electrons. The van der Waals surface area contributed by atoms with E-state index in [2.05, 4.69) is 18.7 Å². The first-order chi connectivity index (χ1) is 10.1. The number of methoxy groups -OCH3 is 1. The summed E-state index contributed by atoms with van der Waals surface area (Å²) in [4.78, 5) is 2.41. The van der Waals surface area contributed by atoms with Crippen LogP contribution in [0.5, 0.6) is 0 Å². The molecular formula is C16H26Cl2N2O. The molecule has 0 saturated heterocycles. The van der Waals surface area contributed by atoms with Gasteiger partial charge in [-0.05, 0) is 36.6 Å². The van der Waals surface area contributed by atoms with Crippen LogP contribution in [0.3, 0.4) is 0 Å². The molecule has 0 amide bonds. The van der Waals surface area contributed by atoms with E-state index in [0.717, 1.165) is 24.9 Å². The molecule has 5 heteroatoms. The Morgan fingerprint density at radius 2 is 1.71 bits per heavy atom. The minimum Gasteiger partial charge on any atom is -0.383 e. The van der Waals surface area contributed by atoms with E-state index in [4.69, 9.17) is 33.7 Å². The van der Waals surface area contributed by atoms with Crippen molar-refractivity contribution >= 4 is 23.2 Å². The quantitative estimate of drug-likeness (QED) is 0.738. The van der Waals surface area contributed by atoms with Crippen LogP contribution in [0.2, 0.25) is 10.0 Å². The second-order valence-corrected chi connectivity index (χ2v) is 6.03. The van der Waals surface area contributed by atoms with Crippen LogP contribution in [-0.2, 0) is 4.74 Å². The average molecular weight is 333 g/mol. The SMILES string of the molecule is CCC(CC)N(CCOC)C(CN)c1cc(Cl)cc(Cl)c1. The lowest BCUT2D eigenvalue weighted by atomic mass is 10.0. The maximum atomic E-state index is 6.14. The molecule has 2 N–H and O–H groups in total. The van der Waals surface area contributed by atoms with E-state index < -0.39 is 0 Å². The number of ether oxygens (including phenoxy) is 1. The van der Waals surface area contributed by atoms with Crippen molar-refractivity contribution in [1.82, 2.24) is 4.90 Å². The van der Waals surface area contributed by atoms with Crippen molar-refractivity contribution in [3.05, 3.63) is 33.8 Å². The first-order valence-corrected chi connectivity index (χ1v) is 8.23. The number of nitrogens with zero attached hydrogens (tertiary/aromatic N) is 1. The third kappa shape index (κ3) is 5.42. The lowest BCUT2D eigenvalue weighted by Crippen LogP contribution is -2.42. The van der Waals surface area contributed by atoms with Crippen molar-refractivity contribution in [2.75, 3.05) is 26.8 Å². The normalized spacial score (nSPS) is 13.1. The summed E-state index contributed by atoms with van der Waals surface area (Å²) < 4.78 is 5.25. The zero-order valence-corrected chi connectivity index (χ0v) is 14.6. The number of nitrogens with two attached hydrogens (primary N) is 1. The van der Waals surface area contributed by atoms with Gasteiger partial charge in [0.25, 0.3) is 0 Å². The molecule has 0 spiro atoms. The van der Waals surface area contributed by atoms with Gasteiger partial charge in [0.2, 0.25) is 0 Å². The summed E-state index contributed by atoms with van der Waals surface area (Å²) in [5, 5.41) is 1.29. The summed E-state index contributed by atoms with van der Waals surface area (Å²) in [7, 11) is 1.72. The Bertz CT molecular complexity index is 404. The molecule has 1 rings (SSSR count). The predicted octanol–water partition coefficient (Wildman–Crippen LogP) is 4.13. The Hall–Kier alpha value is -0.320. The van der Waals surface area contributed by atoms with E-state index >= 15 is 0 Å². The lowest BCUT2D eigenvalue weighted by molar-refractivity contribution is 0.0817. The first-order valence-electron chi connectivity index (χ1n) is 7.48. The molecule has 21 heavy (non-hydrogen) atoms. The Kier molecular flexibility index (Phi) is 8.60. The van der Waals surface area contributed by atoms with Gasteiger partial charge in [-0.2, -0.15) is 0 Å². The van der Waals surface area contributed by atoms with Gasteiger partial charge < -0.3 is 10.5 Å². The topological polar surface area (TPSA) is 38.5 Å². The van der Waals surface area contributed by atoms with Gasteiger partial charge in [0.1, 0.15) is 0 Å². The number of halogens is 2. The van der Waals surface area contributed by atoms with Crippen LogP contribution in [0.25, 0.3) is 0 Å². The molecule has 1 atom stereocenters. The van der Waals surface area contributed by atoms with Crippen LogP contribution in [0.4, 0.5) is 0 Å². The maximum absolute atomic E-state index is 6.14. The molecule has 1 aromatic rings. The van der Waals surface area contributed by atoms with Gasteiger partial charge in [-0.25, -0.2) is 0 Å². The van der Waals surface area contributed by atoms with Crippen molar-refractivity contribution in [3.8, 4) is 0 Å². The highest BCUT2D eigenvalue weighted by molar-refractivity contribution is 6.34. The van der Waals surface area contributed by atoms with Crippen molar-refractivity contribution in [1.29, 1.82) is 0 Å². The molecule has 0 aliphatic rings. The zero-order valence-electron chi connectivity index (χ0n) is 13.1. The molecule has 0 aliphatic carbocycles. The van der Waals surface area contributed by atoms with E-state index in [0.29, 0.717) is 29.2 Å². The van der Waals surface area contributed by atoms with Crippen molar-refractivity contribution in [2.24, 2.45) is 5.73 Å². The molecule has 1 aromatic carbocycles. The molecule has 0 aromatic heterocycles. The number of rotatable bonds is 9. The fraction of sp³-hybridized carbons (Fsp3) is 0.625. The summed E-state index contributed by atoms with van der Waals surface area (Å²) in [6.45, 7) is 6.45. The van der Waals surface area contributed by atoms with E-state index in [9.17, 15) is 0 Å². The van der Waals surface area contributed by atoms with Gasteiger partial charge in [-0.3, -0.25) is 4.90 Å². The summed E-state index contributed by atoms with van der Waals surface area (Å²) in [5.74, 6) is 0. The van der Waals surface area contributed by atoms with Gasteiger partial charge in [-0.15, -0.1) is 0 Å². The maximum Gasteiger partial charge on any atom is 0.0590 e.